The predicted octanol–water partition coefficient (Wildman–Crippen LogP) is 1.56. The number of nitrogens with one attached hydrogen (secondary N) is 1. The zero-order valence-corrected chi connectivity index (χ0v) is 16.6. The van der Waals surface area contributed by atoms with Crippen LogP contribution in [-0.2, 0) is 26.0 Å². The Morgan fingerprint density at radius 3 is 2.30 bits per heavy atom. The molecule has 1 aliphatic carbocycles. The number of carbonyl (C=O) groups excluding carboxylic acids is 2. The molecule has 3 N–H and O–H groups in total. The molecule has 150 valence electrons. The summed E-state index contributed by atoms with van der Waals surface area (Å²) in [5.74, 6) is -0.0905. The van der Waals surface area contributed by atoms with Gasteiger partial charge in [-0.15, -0.1) is 0 Å². The van der Waals surface area contributed by atoms with Gasteiger partial charge in [-0.05, 0) is 37.0 Å². The van der Waals surface area contributed by atoms with Crippen LogP contribution in [0.3, 0.4) is 0 Å². The third-order valence-corrected chi connectivity index (χ3v) is 5.88. The predicted molar refractivity (Wildman–Crippen MR) is 103 cm³/mol. The van der Waals surface area contributed by atoms with Gasteiger partial charge in [0.05, 0.1) is 4.90 Å². The SMILES string of the molecule is CC(=O)N(CCC(=O)NC1CCCCC1)CCc1ccc(S(N)(=O)=O)cc1. The minimum atomic E-state index is -3.70. The van der Waals surface area contributed by atoms with E-state index in [0.717, 1.165) is 31.2 Å². The highest BCUT2D eigenvalue weighted by molar-refractivity contribution is 7.89. The molecule has 1 aromatic carbocycles. The van der Waals surface area contributed by atoms with Gasteiger partial charge in [0.2, 0.25) is 21.8 Å². The molecular formula is C19H29N3O4S. The van der Waals surface area contributed by atoms with Gasteiger partial charge < -0.3 is 10.2 Å². The second kappa shape index (κ2) is 9.85. The first-order valence-corrected chi connectivity index (χ1v) is 11.0. The normalized spacial score (nSPS) is 15.3. The van der Waals surface area contributed by atoms with Crippen LogP contribution < -0.4 is 10.5 Å². The van der Waals surface area contributed by atoms with Crippen molar-refractivity contribution >= 4 is 21.8 Å². The molecule has 1 saturated carbocycles. The van der Waals surface area contributed by atoms with Crippen molar-refractivity contribution in [2.45, 2.75) is 62.8 Å². The van der Waals surface area contributed by atoms with Crippen molar-refractivity contribution in [1.29, 1.82) is 0 Å². The van der Waals surface area contributed by atoms with Crippen molar-refractivity contribution in [3.63, 3.8) is 0 Å². The Balaban J connectivity index is 1.81. The molecule has 7 nitrogen and oxygen atoms in total. The molecule has 0 unspecified atom stereocenters. The quantitative estimate of drug-likeness (QED) is 0.696. The summed E-state index contributed by atoms with van der Waals surface area (Å²) < 4.78 is 22.6. The van der Waals surface area contributed by atoms with Crippen molar-refractivity contribution in [3.05, 3.63) is 29.8 Å². The average molecular weight is 396 g/mol. The Morgan fingerprint density at radius 1 is 1.11 bits per heavy atom. The summed E-state index contributed by atoms with van der Waals surface area (Å²) >= 11 is 0. The van der Waals surface area contributed by atoms with Gasteiger partial charge in [0, 0.05) is 32.5 Å². The van der Waals surface area contributed by atoms with Crippen LogP contribution in [0.5, 0.6) is 0 Å². The number of nitrogens with two attached hydrogens (primary N) is 1. The number of hydrogen-bond donors (Lipinski definition) is 2. The Bertz CT molecular complexity index is 741. The van der Waals surface area contributed by atoms with Gasteiger partial charge in [-0.1, -0.05) is 31.4 Å². The van der Waals surface area contributed by atoms with E-state index in [9.17, 15) is 18.0 Å². The lowest BCUT2D eigenvalue weighted by molar-refractivity contribution is -0.129. The van der Waals surface area contributed by atoms with E-state index in [2.05, 4.69) is 5.32 Å². The fourth-order valence-electron chi connectivity index (χ4n) is 3.32. The molecule has 27 heavy (non-hydrogen) atoms. The molecule has 2 rings (SSSR count). The highest BCUT2D eigenvalue weighted by atomic mass is 32.2. The second-order valence-corrected chi connectivity index (χ2v) is 8.66. The van der Waals surface area contributed by atoms with Crippen LogP contribution in [0.25, 0.3) is 0 Å². The molecule has 1 aromatic rings. The average Bonchev–Trinajstić information content (AvgIpc) is 2.62. The maximum absolute atomic E-state index is 12.1. The maximum atomic E-state index is 12.1. The summed E-state index contributed by atoms with van der Waals surface area (Å²) in [6.07, 6.45) is 6.51. The number of hydrogen-bond acceptors (Lipinski definition) is 4. The lowest BCUT2D eigenvalue weighted by Crippen LogP contribution is -2.39. The lowest BCUT2D eigenvalue weighted by atomic mass is 9.95. The zero-order chi connectivity index (χ0) is 19.9. The van der Waals surface area contributed by atoms with Gasteiger partial charge in [0.25, 0.3) is 0 Å². The summed E-state index contributed by atoms with van der Waals surface area (Å²) in [5.41, 5.74) is 0.903. The van der Waals surface area contributed by atoms with E-state index < -0.39 is 10.0 Å². The van der Waals surface area contributed by atoms with Crippen LogP contribution in [0, 0.1) is 0 Å². The van der Waals surface area contributed by atoms with E-state index in [4.69, 9.17) is 5.14 Å². The first-order valence-electron chi connectivity index (χ1n) is 9.42. The number of rotatable bonds is 8. The molecule has 0 bridgehead atoms. The van der Waals surface area contributed by atoms with Gasteiger partial charge in [0.1, 0.15) is 0 Å². The minimum absolute atomic E-state index is 0.00865. The van der Waals surface area contributed by atoms with Gasteiger partial charge in [-0.2, -0.15) is 0 Å². The minimum Gasteiger partial charge on any atom is -0.353 e. The maximum Gasteiger partial charge on any atom is 0.238 e. The van der Waals surface area contributed by atoms with Crippen molar-refractivity contribution < 1.29 is 18.0 Å². The van der Waals surface area contributed by atoms with E-state index in [-0.39, 0.29) is 22.8 Å². The molecule has 1 fully saturated rings. The molecule has 8 heteroatoms. The van der Waals surface area contributed by atoms with Gasteiger partial charge in [-0.25, -0.2) is 13.6 Å². The second-order valence-electron chi connectivity index (χ2n) is 7.10. The summed E-state index contributed by atoms with van der Waals surface area (Å²) in [5, 5.41) is 8.15. The molecule has 1 aliphatic rings. The van der Waals surface area contributed by atoms with Crippen LogP contribution in [0.1, 0.15) is 51.0 Å². The fourth-order valence-corrected chi connectivity index (χ4v) is 3.84. The third-order valence-electron chi connectivity index (χ3n) is 4.95. The summed E-state index contributed by atoms with van der Waals surface area (Å²) in [6, 6.07) is 6.57. The third kappa shape index (κ3) is 7.30. The summed E-state index contributed by atoms with van der Waals surface area (Å²) in [7, 11) is -3.70. The number of benzene rings is 1. The monoisotopic (exact) mass is 395 g/mol. The Hall–Kier alpha value is -1.93. The van der Waals surface area contributed by atoms with E-state index in [1.165, 1.54) is 25.5 Å². The molecule has 0 atom stereocenters. The molecule has 0 heterocycles. The van der Waals surface area contributed by atoms with E-state index >= 15 is 0 Å². The van der Waals surface area contributed by atoms with Gasteiger partial charge in [0.15, 0.2) is 0 Å². The van der Waals surface area contributed by atoms with Crippen molar-refractivity contribution in [3.8, 4) is 0 Å². The van der Waals surface area contributed by atoms with Crippen LogP contribution in [0.15, 0.2) is 29.2 Å². The summed E-state index contributed by atoms with van der Waals surface area (Å²) in [4.78, 5) is 25.7. The first-order chi connectivity index (χ1) is 12.8. The number of sulfonamides is 1. The Kier molecular flexibility index (Phi) is 7.79. The molecule has 0 spiro atoms. The van der Waals surface area contributed by atoms with E-state index in [1.807, 2.05) is 0 Å². The number of carbonyl (C=O) groups is 2. The van der Waals surface area contributed by atoms with Crippen LogP contribution in [0.4, 0.5) is 0 Å². The van der Waals surface area contributed by atoms with Crippen LogP contribution >= 0.6 is 0 Å². The van der Waals surface area contributed by atoms with Crippen LogP contribution in [-0.4, -0.2) is 44.3 Å². The topological polar surface area (TPSA) is 110 Å². The fraction of sp³-hybridized carbons (Fsp3) is 0.579. The molecule has 2 amide bonds. The Labute approximate surface area is 161 Å². The van der Waals surface area contributed by atoms with Crippen LogP contribution in [0.2, 0.25) is 0 Å². The van der Waals surface area contributed by atoms with E-state index in [1.54, 1.807) is 17.0 Å². The molecule has 0 radical (unpaired) electrons. The molecule has 0 aromatic heterocycles. The zero-order valence-electron chi connectivity index (χ0n) is 15.8. The van der Waals surface area contributed by atoms with Crippen molar-refractivity contribution in [2.24, 2.45) is 5.14 Å². The Morgan fingerprint density at radius 2 is 1.74 bits per heavy atom. The smallest absolute Gasteiger partial charge is 0.238 e. The number of amides is 2. The molecule has 0 saturated heterocycles. The van der Waals surface area contributed by atoms with Gasteiger partial charge in [-0.3, -0.25) is 9.59 Å². The lowest BCUT2D eigenvalue weighted by Gasteiger charge is -2.24. The standard InChI is InChI=1S/C19H29N3O4S/c1-15(23)22(14-12-19(24)21-17-5-3-2-4-6-17)13-11-16-7-9-18(10-8-16)27(20,25)26/h7-10,17H,2-6,11-14H2,1H3,(H,21,24)(H2,20,25,26). The number of nitrogens with zero attached hydrogens (tertiary/aromatic N) is 1. The largest absolute Gasteiger partial charge is 0.353 e. The first kappa shape index (κ1) is 21.4. The van der Waals surface area contributed by atoms with E-state index in [0.29, 0.717) is 25.9 Å². The van der Waals surface area contributed by atoms with Crippen molar-refractivity contribution in [1.82, 2.24) is 10.2 Å². The number of primary sulfonamides is 1. The summed E-state index contributed by atoms with van der Waals surface area (Å²) in [6.45, 7) is 2.34. The molecular weight excluding hydrogens is 366 g/mol. The van der Waals surface area contributed by atoms with Gasteiger partial charge >= 0.3 is 0 Å². The van der Waals surface area contributed by atoms with Crippen molar-refractivity contribution in [2.75, 3.05) is 13.1 Å². The highest BCUT2D eigenvalue weighted by Gasteiger charge is 2.17. The molecule has 0 aliphatic heterocycles. The highest BCUT2D eigenvalue weighted by Crippen LogP contribution is 2.17.